The van der Waals surface area contributed by atoms with Crippen molar-refractivity contribution in [3.8, 4) is 11.3 Å². The first-order valence-corrected chi connectivity index (χ1v) is 6.64. The van der Waals surface area contributed by atoms with Crippen molar-refractivity contribution >= 4 is 17.5 Å². The van der Waals surface area contributed by atoms with Crippen molar-refractivity contribution < 1.29 is 18.0 Å². The maximum atomic E-state index is 12.7. The Morgan fingerprint density at radius 3 is 2.52 bits per heavy atom. The van der Waals surface area contributed by atoms with E-state index in [9.17, 15) is 18.0 Å². The molecule has 8 heteroatoms. The summed E-state index contributed by atoms with van der Waals surface area (Å²) < 4.78 is 39.5. The molecule has 0 unspecified atom stereocenters. The van der Waals surface area contributed by atoms with Crippen molar-refractivity contribution in [3.05, 3.63) is 48.3 Å². The summed E-state index contributed by atoms with van der Waals surface area (Å²) in [5.74, 6) is 0.385. The van der Waals surface area contributed by atoms with E-state index in [4.69, 9.17) is 0 Å². The van der Waals surface area contributed by atoms with Gasteiger partial charge >= 0.3 is 6.18 Å². The van der Waals surface area contributed by atoms with Gasteiger partial charge in [-0.2, -0.15) is 13.2 Å². The highest BCUT2D eigenvalue weighted by Crippen LogP contribution is 2.33. The van der Waals surface area contributed by atoms with Gasteiger partial charge in [-0.1, -0.05) is 12.1 Å². The van der Waals surface area contributed by atoms with Crippen LogP contribution in [0.4, 0.5) is 19.0 Å². The summed E-state index contributed by atoms with van der Waals surface area (Å²) in [6, 6.07) is 6.25. The number of fused-ring (bicyclic) bond motifs is 1. The molecule has 5 nitrogen and oxygen atoms in total. The largest absolute Gasteiger partial charge is 0.416 e. The number of alkyl halides is 3. The quantitative estimate of drug-likeness (QED) is 0.787. The number of amides is 1. The van der Waals surface area contributed by atoms with Crippen LogP contribution in [0.15, 0.2) is 42.7 Å². The minimum Gasteiger partial charge on any atom is -0.310 e. The van der Waals surface area contributed by atoms with Crippen molar-refractivity contribution in [3.63, 3.8) is 0 Å². The van der Waals surface area contributed by atoms with Crippen LogP contribution in [-0.4, -0.2) is 20.3 Å². The van der Waals surface area contributed by atoms with Crippen molar-refractivity contribution in [2.45, 2.75) is 13.1 Å². The number of hydrogen-bond acceptors (Lipinski definition) is 3. The zero-order valence-electron chi connectivity index (χ0n) is 11.9. The second-order valence-corrected chi connectivity index (χ2v) is 4.86. The van der Waals surface area contributed by atoms with E-state index in [1.807, 2.05) is 0 Å². The Kier molecular flexibility index (Phi) is 3.51. The first-order chi connectivity index (χ1) is 10.9. The standard InChI is InChI=1S/C15H11F3N4O/c1-9(23)20-13-12(21-14-19-7-2-8-22(13)14)10-3-5-11(6-4-10)15(16,17)18/h2-8H,1H3,(H,20,23). The second-order valence-electron chi connectivity index (χ2n) is 4.86. The molecule has 0 radical (unpaired) electrons. The highest BCUT2D eigenvalue weighted by Gasteiger charge is 2.30. The van der Waals surface area contributed by atoms with Crippen molar-refractivity contribution in [1.29, 1.82) is 0 Å². The number of nitrogens with zero attached hydrogens (tertiary/aromatic N) is 3. The van der Waals surface area contributed by atoms with Crippen molar-refractivity contribution in [2.24, 2.45) is 0 Å². The number of halogens is 3. The van der Waals surface area contributed by atoms with E-state index >= 15 is 0 Å². The molecule has 0 bridgehead atoms. The Hall–Kier alpha value is -2.90. The summed E-state index contributed by atoms with van der Waals surface area (Å²) in [5.41, 5.74) is 0.0593. The Labute approximate surface area is 128 Å². The molecule has 0 atom stereocenters. The smallest absolute Gasteiger partial charge is 0.310 e. The topological polar surface area (TPSA) is 59.3 Å². The van der Waals surface area contributed by atoms with Crippen LogP contribution in [0, 0.1) is 0 Å². The number of aromatic nitrogens is 3. The van der Waals surface area contributed by atoms with Crippen LogP contribution >= 0.6 is 0 Å². The number of benzene rings is 1. The Balaban J connectivity index is 2.13. The number of hydrogen-bond donors (Lipinski definition) is 1. The van der Waals surface area contributed by atoms with Crippen LogP contribution in [0.5, 0.6) is 0 Å². The number of nitrogens with one attached hydrogen (secondary N) is 1. The van der Waals surface area contributed by atoms with Gasteiger partial charge in [0.2, 0.25) is 11.7 Å². The van der Waals surface area contributed by atoms with Crippen molar-refractivity contribution in [2.75, 3.05) is 5.32 Å². The Morgan fingerprint density at radius 2 is 1.91 bits per heavy atom. The molecular formula is C15H11F3N4O. The van der Waals surface area contributed by atoms with Gasteiger partial charge in [0.1, 0.15) is 11.5 Å². The molecule has 0 saturated carbocycles. The van der Waals surface area contributed by atoms with E-state index in [0.29, 0.717) is 22.9 Å². The lowest BCUT2D eigenvalue weighted by Crippen LogP contribution is -2.09. The van der Waals surface area contributed by atoms with Crippen LogP contribution < -0.4 is 5.32 Å². The van der Waals surface area contributed by atoms with Crippen LogP contribution in [0.3, 0.4) is 0 Å². The third kappa shape index (κ3) is 2.87. The van der Waals surface area contributed by atoms with Gasteiger partial charge in [-0.3, -0.25) is 9.20 Å². The summed E-state index contributed by atoms with van der Waals surface area (Å²) in [4.78, 5) is 19.8. The van der Waals surface area contributed by atoms with E-state index in [1.165, 1.54) is 25.3 Å². The molecule has 2 aromatic heterocycles. The number of rotatable bonds is 2. The van der Waals surface area contributed by atoms with Crippen LogP contribution in [0.25, 0.3) is 17.0 Å². The molecule has 1 N–H and O–H groups in total. The molecule has 0 fully saturated rings. The van der Waals surface area contributed by atoms with Gasteiger partial charge in [0.25, 0.3) is 0 Å². The van der Waals surface area contributed by atoms with E-state index in [0.717, 1.165) is 12.1 Å². The summed E-state index contributed by atoms with van der Waals surface area (Å²) in [5, 5.41) is 2.64. The summed E-state index contributed by atoms with van der Waals surface area (Å²) in [7, 11) is 0. The van der Waals surface area contributed by atoms with Gasteiger partial charge in [-0.05, 0) is 18.2 Å². The SMILES string of the molecule is CC(=O)Nc1c(-c2ccc(C(F)(F)F)cc2)nc2ncccn12. The van der Waals surface area contributed by atoms with Gasteiger partial charge in [-0.15, -0.1) is 0 Å². The third-order valence-corrected chi connectivity index (χ3v) is 3.18. The van der Waals surface area contributed by atoms with Crippen LogP contribution in [0.2, 0.25) is 0 Å². The second kappa shape index (κ2) is 5.38. The fourth-order valence-corrected chi connectivity index (χ4v) is 2.19. The summed E-state index contributed by atoms with van der Waals surface area (Å²) >= 11 is 0. The van der Waals surface area contributed by atoms with Crippen LogP contribution in [0.1, 0.15) is 12.5 Å². The Morgan fingerprint density at radius 1 is 1.22 bits per heavy atom. The monoisotopic (exact) mass is 320 g/mol. The minimum absolute atomic E-state index is 0.316. The predicted octanol–water partition coefficient (Wildman–Crippen LogP) is 3.37. The first kappa shape index (κ1) is 15.0. The fourth-order valence-electron chi connectivity index (χ4n) is 2.19. The number of anilines is 1. The fraction of sp³-hybridized carbons (Fsp3) is 0.133. The molecule has 0 aliphatic heterocycles. The molecule has 118 valence electrons. The third-order valence-electron chi connectivity index (χ3n) is 3.18. The highest BCUT2D eigenvalue weighted by molar-refractivity contribution is 5.92. The van der Waals surface area contributed by atoms with E-state index in [-0.39, 0.29) is 5.91 Å². The zero-order valence-corrected chi connectivity index (χ0v) is 11.9. The lowest BCUT2D eigenvalue weighted by molar-refractivity contribution is -0.137. The lowest BCUT2D eigenvalue weighted by Gasteiger charge is -2.08. The Bertz CT molecular complexity index is 869. The number of carbonyl (C=O) groups is 1. The van der Waals surface area contributed by atoms with Gasteiger partial charge in [0.05, 0.1) is 5.56 Å². The van der Waals surface area contributed by atoms with E-state index in [2.05, 4.69) is 15.3 Å². The average Bonchev–Trinajstić information content (AvgIpc) is 2.85. The lowest BCUT2D eigenvalue weighted by atomic mass is 10.1. The molecule has 2 heterocycles. The maximum absolute atomic E-state index is 12.7. The molecular weight excluding hydrogens is 309 g/mol. The van der Waals surface area contributed by atoms with Gasteiger partial charge in [-0.25, -0.2) is 9.97 Å². The van der Waals surface area contributed by atoms with Gasteiger partial charge in [0, 0.05) is 24.9 Å². The van der Waals surface area contributed by atoms with Crippen LogP contribution in [-0.2, 0) is 11.0 Å². The number of imidazole rings is 1. The molecule has 0 spiro atoms. The molecule has 0 aliphatic rings. The molecule has 0 saturated heterocycles. The van der Waals surface area contributed by atoms with Gasteiger partial charge in [0.15, 0.2) is 0 Å². The summed E-state index contributed by atoms with van der Waals surface area (Å²) in [6.45, 7) is 1.34. The summed E-state index contributed by atoms with van der Waals surface area (Å²) in [6.07, 6.45) is -1.20. The maximum Gasteiger partial charge on any atom is 0.416 e. The molecule has 1 amide bonds. The molecule has 3 rings (SSSR count). The minimum atomic E-state index is -4.40. The number of carbonyl (C=O) groups excluding carboxylic acids is 1. The molecule has 3 aromatic rings. The molecule has 1 aromatic carbocycles. The van der Waals surface area contributed by atoms with Gasteiger partial charge < -0.3 is 5.32 Å². The van der Waals surface area contributed by atoms with E-state index < -0.39 is 11.7 Å². The first-order valence-electron chi connectivity index (χ1n) is 6.64. The molecule has 23 heavy (non-hydrogen) atoms. The van der Waals surface area contributed by atoms with E-state index in [1.54, 1.807) is 16.7 Å². The zero-order chi connectivity index (χ0) is 16.6. The highest BCUT2D eigenvalue weighted by atomic mass is 19.4. The predicted molar refractivity (Wildman–Crippen MR) is 77.7 cm³/mol. The van der Waals surface area contributed by atoms with Crippen molar-refractivity contribution in [1.82, 2.24) is 14.4 Å². The average molecular weight is 320 g/mol. The normalized spacial score (nSPS) is 11.7. The molecule has 0 aliphatic carbocycles.